The molecule has 1 amide bonds. The molecule has 1 aromatic carbocycles. The fourth-order valence-electron chi connectivity index (χ4n) is 1.36. The second-order valence-electron chi connectivity index (χ2n) is 4.44. The zero-order chi connectivity index (χ0) is 13.1. The number of rotatable bonds is 4. The maximum absolute atomic E-state index is 12.0. The van der Waals surface area contributed by atoms with Gasteiger partial charge in [-0.15, -0.1) is 0 Å². The molecule has 1 aromatic rings. The van der Waals surface area contributed by atoms with E-state index in [1.54, 1.807) is 18.2 Å². The molecular formula is C12H14Br2ClNO. The molecule has 0 aromatic heterocycles. The Balaban J connectivity index is 2.83. The molecule has 0 fully saturated rings. The first-order chi connectivity index (χ1) is 7.84. The molecule has 0 saturated heterocycles. The van der Waals surface area contributed by atoms with Gasteiger partial charge in [0.1, 0.15) is 0 Å². The van der Waals surface area contributed by atoms with Gasteiger partial charge in [0, 0.05) is 25.9 Å². The van der Waals surface area contributed by atoms with E-state index >= 15 is 0 Å². The molecule has 0 atom stereocenters. The van der Waals surface area contributed by atoms with Crippen molar-refractivity contribution in [3.63, 3.8) is 0 Å². The molecule has 1 rings (SSSR count). The fourth-order valence-corrected chi connectivity index (χ4v) is 3.21. The number of carbonyl (C=O) groups excluding carboxylic acids is 1. The second kappa shape index (κ2) is 6.21. The van der Waals surface area contributed by atoms with Crippen molar-refractivity contribution in [3.05, 3.63) is 33.3 Å². The van der Waals surface area contributed by atoms with Crippen LogP contribution in [-0.4, -0.2) is 16.8 Å². The molecule has 0 unspecified atom stereocenters. The normalized spacial score (nSPS) is 11.4. The van der Waals surface area contributed by atoms with E-state index in [0.717, 1.165) is 16.2 Å². The van der Waals surface area contributed by atoms with E-state index in [0.29, 0.717) is 10.6 Å². The van der Waals surface area contributed by atoms with Crippen molar-refractivity contribution in [2.45, 2.75) is 25.8 Å². The van der Waals surface area contributed by atoms with Crippen molar-refractivity contribution in [2.24, 2.45) is 0 Å². The van der Waals surface area contributed by atoms with Crippen LogP contribution in [0.1, 0.15) is 30.6 Å². The van der Waals surface area contributed by atoms with Crippen LogP contribution in [0.5, 0.6) is 0 Å². The summed E-state index contributed by atoms with van der Waals surface area (Å²) in [6.07, 6.45) is 0.862. The maximum Gasteiger partial charge on any atom is 0.251 e. The minimum atomic E-state index is -0.241. The number of nitrogens with one attached hydrogen (secondary N) is 1. The third-order valence-corrected chi connectivity index (χ3v) is 3.37. The first-order valence-corrected chi connectivity index (χ1v) is 7.48. The molecule has 0 radical (unpaired) electrons. The SMILES string of the molecule is CC(C)(CCBr)NC(=O)c1cc(Cl)cc(Br)c1. The van der Waals surface area contributed by atoms with Gasteiger partial charge in [-0.1, -0.05) is 43.5 Å². The lowest BCUT2D eigenvalue weighted by atomic mass is 10.0. The van der Waals surface area contributed by atoms with Gasteiger partial charge < -0.3 is 5.32 Å². The Morgan fingerprint density at radius 3 is 2.59 bits per heavy atom. The molecule has 17 heavy (non-hydrogen) atoms. The average molecular weight is 384 g/mol. The Kier molecular flexibility index (Phi) is 5.48. The van der Waals surface area contributed by atoms with E-state index in [1.165, 1.54) is 0 Å². The Morgan fingerprint density at radius 2 is 2.06 bits per heavy atom. The maximum atomic E-state index is 12.0. The summed E-state index contributed by atoms with van der Waals surface area (Å²) >= 11 is 12.6. The number of alkyl halides is 1. The van der Waals surface area contributed by atoms with Gasteiger partial charge in [-0.05, 0) is 38.5 Å². The minimum absolute atomic E-state index is 0.112. The minimum Gasteiger partial charge on any atom is -0.347 e. The number of hydrogen-bond acceptors (Lipinski definition) is 1. The molecule has 0 saturated carbocycles. The van der Waals surface area contributed by atoms with Crippen LogP contribution < -0.4 is 5.32 Å². The fraction of sp³-hybridized carbons (Fsp3) is 0.417. The number of hydrogen-bond donors (Lipinski definition) is 1. The van der Waals surface area contributed by atoms with Crippen LogP contribution in [0.25, 0.3) is 0 Å². The summed E-state index contributed by atoms with van der Waals surface area (Å²) in [5, 5.41) is 4.37. The summed E-state index contributed by atoms with van der Waals surface area (Å²) in [4.78, 5) is 12.0. The lowest BCUT2D eigenvalue weighted by Crippen LogP contribution is -2.43. The van der Waals surface area contributed by atoms with Crippen LogP contribution >= 0.6 is 43.5 Å². The number of halogens is 3. The highest BCUT2D eigenvalue weighted by atomic mass is 79.9. The van der Waals surface area contributed by atoms with E-state index in [9.17, 15) is 4.79 Å². The third kappa shape index (κ3) is 4.98. The Hall–Kier alpha value is -0.0600. The van der Waals surface area contributed by atoms with Gasteiger partial charge in [0.15, 0.2) is 0 Å². The monoisotopic (exact) mass is 381 g/mol. The zero-order valence-corrected chi connectivity index (χ0v) is 13.6. The Morgan fingerprint density at radius 1 is 1.41 bits per heavy atom. The summed E-state index contributed by atoms with van der Waals surface area (Å²) in [5.74, 6) is -0.112. The molecule has 0 spiro atoms. The van der Waals surface area contributed by atoms with Gasteiger partial charge in [-0.3, -0.25) is 4.79 Å². The number of amides is 1. The molecule has 5 heteroatoms. The third-order valence-electron chi connectivity index (χ3n) is 2.30. The van der Waals surface area contributed by atoms with Crippen LogP contribution in [0.2, 0.25) is 5.02 Å². The summed E-state index contributed by atoms with van der Waals surface area (Å²) in [6.45, 7) is 3.98. The van der Waals surface area contributed by atoms with Crippen LogP contribution in [0.4, 0.5) is 0 Å². The first kappa shape index (κ1) is 15.0. The summed E-state index contributed by atoms with van der Waals surface area (Å²) < 4.78 is 0.799. The van der Waals surface area contributed by atoms with E-state index in [2.05, 4.69) is 37.2 Å². The van der Waals surface area contributed by atoms with E-state index in [1.807, 2.05) is 13.8 Å². The van der Waals surface area contributed by atoms with E-state index in [-0.39, 0.29) is 11.4 Å². The quantitative estimate of drug-likeness (QED) is 0.768. The topological polar surface area (TPSA) is 29.1 Å². The lowest BCUT2D eigenvalue weighted by molar-refractivity contribution is 0.0912. The van der Waals surface area contributed by atoms with Crippen LogP contribution in [0.15, 0.2) is 22.7 Å². The Labute approximate surface area is 123 Å². The summed E-state index contributed by atoms with van der Waals surface area (Å²) in [6, 6.07) is 5.17. The van der Waals surface area contributed by atoms with Crippen molar-refractivity contribution in [1.82, 2.24) is 5.32 Å². The van der Waals surface area contributed by atoms with Crippen LogP contribution in [0.3, 0.4) is 0 Å². The molecule has 0 aliphatic rings. The van der Waals surface area contributed by atoms with Crippen molar-refractivity contribution >= 4 is 49.4 Å². The smallest absolute Gasteiger partial charge is 0.251 e. The summed E-state index contributed by atoms with van der Waals surface area (Å²) in [5.41, 5.74) is 0.321. The predicted octanol–water partition coefficient (Wildman–Crippen LogP) is 4.40. The largest absolute Gasteiger partial charge is 0.347 e. The van der Waals surface area contributed by atoms with Gasteiger partial charge in [-0.25, -0.2) is 0 Å². The highest BCUT2D eigenvalue weighted by Crippen LogP contribution is 2.20. The van der Waals surface area contributed by atoms with Gasteiger partial charge in [0.05, 0.1) is 0 Å². The highest BCUT2D eigenvalue weighted by Gasteiger charge is 2.20. The molecule has 1 N–H and O–H groups in total. The van der Waals surface area contributed by atoms with Crippen molar-refractivity contribution in [1.29, 1.82) is 0 Å². The van der Waals surface area contributed by atoms with Gasteiger partial charge >= 0.3 is 0 Å². The molecule has 2 nitrogen and oxygen atoms in total. The standard InChI is InChI=1S/C12H14Br2ClNO/c1-12(2,3-4-13)16-11(17)8-5-9(14)7-10(15)6-8/h5-7H,3-4H2,1-2H3,(H,16,17). The summed E-state index contributed by atoms with van der Waals surface area (Å²) in [7, 11) is 0. The number of benzene rings is 1. The molecule has 0 aliphatic carbocycles. The zero-order valence-electron chi connectivity index (χ0n) is 9.69. The average Bonchev–Trinajstić information content (AvgIpc) is 2.14. The van der Waals surface area contributed by atoms with Crippen LogP contribution in [0, 0.1) is 0 Å². The molecule has 0 heterocycles. The highest BCUT2D eigenvalue weighted by molar-refractivity contribution is 9.10. The molecule has 94 valence electrons. The van der Waals surface area contributed by atoms with Crippen molar-refractivity contribution < 1.29 is 4.79 Å². The van der Waals surface area contributed by atoms with Crippen molar-refractivity contribution in [3.8, 4) is 0 Å². The molecule has 0 bridgehead atoms. The molecular weight excluding hydrogens is 369 g/mol. The van der Waals surface area contributed by atoms with E-state index in [4.69, 9.17) is 11.6 Å². The predicted molar refractivity (Wildman–Crippen MR) is 79.1 cm³/mol. The van der Waals surface area contributed by atoms with Crippen molar-refractivity contribution in [2.75, 3.05) is 5.33 Å². The second-order valence-corrected chi connectivity index (χ2v) is 6.58. The van der Waals surface area contributed by atoms with E-state index < -0.39 is 0 Å². The first-order valence-electron chi connectivity index (χ1n) is 5.18. The Bertz CT molecular complexity index is 401. The van der Waals surface area contributed by atoms with Gasteiger partial charge in [0.25, 0.3) is 5.91 Å². The van der Waals surface area contributed by atoms with Crippen LogP contribution in [-0.2, 0) is 0 Å². The lowest BCUT2D eigenvalue weighted by Gasteiger charge is -2.25. The number of carbonyl (C=O) groups is 1. The van der Waals surface area contributed by atoms with Gasteiger partial charge in [-0.2, -0.15) is 0 Å². The molecule has 0 aliphatic heterocycles. The van der Waals surface area contributed by atoms with Gasteiger partial charge in [0.2, 0.25) is 0 Å².